The Labute approximate surface area is 146 Å². The zero-order valence-electron chi connectivity index (χ0n) is 10.4. The standard InChI is InChI=1S/C11H19O2.Cs/c1-10(2,3)8(12)7-9(13)11(4,5)6;/h7H,1-6H3;/q-1;+1. The number of rotatable bonds is 2. The molecule has 0 aliphatic carbocycles. The van der Waals surface area contributed by atoms with Gasteiger partial charge >= 0.3 is 68.9 Å². The third-order valence-electron chi connectivity index (χ3n) is 1.74. The van der Waals surface area contributed by atoms with Crippen molar-refractivity contribution >= 4 is 11.6 Å². The molecule has 0 aliphatic rings. The van der Waals surface area contributed by atoms with E-state index in [2.05, 4.69) is 0 Å². The summed E-state index contributed by atoms with van der Waals surface area (Å²) in [6.07, 6.45) is 1.22. The number of hydrogen-bond acceptors (Lipinski definition) is 2. The molecule has 0 heterocycles. The number of hydrogen-bond donors (Lipinski definition) is 0. The first-order valence-corrected chi connectivity index (χ1v) is 4.49. The second-order valence-electron chi connectivity index (χ2n) is 5.37. The summed E-state index contributed by atoms with van der Waals surface area (Å²) in [6.45, 7) is 10.8. The van der Waals surface area contributed by atoms with Crippen molar-refractivity contribution in [2.24, 2.45) is 10.8 Å². The summed E-state index contributed by atoms with van der Waals surface area (Å²) in [5, 5.41) is 0. The Balaban J connectivity index is 0. The van der Waals surface area contributed by atoms with Gasteiger partial charge in [-0.05, 0) is 10.8 Å². The van der Waals surface area contributed by atoms with Gasteiger partial charge in [0.25, 0.3) is 0 Å². The van der Waals surface area contributed by atoms with Gasteiger partial charge in [-0.25, -0.2) is 0 Å². The predicted molar refractivity (Wildman–Crippen MR) is 53.2 cm³/mol. The van der Waals surface area contributed by atoms with Gasteiger partial charge in [-0.1, -0.05) is 41.5 Å². The quantitative estimate of drug-likeness (QED) is 0.505. The summed E-state index contributed by atoms with van der Waals surface area (Å²) in [5.74, 6) is -0.208. The first-order chi connectivity index (χ1) is 5.55. The first kappa shape index (κ1) is 17.7. The minimum absolute atomic E-state index is 0. The van der Waals surface area contributed by atoms with Crippen molar-refractivity contribution in [3.05, 3.63) is 6.42 Å². The molecule has 0 N–H and O–H groups in total. The van der Waals surface area contributed by atoms with Gasteiger partial charge in [-0.3, -0.25) is 6.42 Å². The van der Waals surface area contributed by atoms with E-state index >= 15 is 0 Å². The zero-order chi connectivity index (χ0) is 10.9. The van der Waals surface area contributed by atoms with E-state index in [1.807, 2.05) is 41.5 Å². The monoisotopic (exact) mass is 316 g/mol. The summed E-state index contributed by atoms with van der Waals surface area (Å²) in [4.78, 5) is 22.9. The molecule has 0 atom stereocenters. The largest absolute Gasteiger partial charge is 1.00 e. The van der Waals surface area contributed by atoms with Gasteiger partial charge in [0, 0.05) is 11.6 Å². The third kappa shape index (κ3) is 6.69. The summed E-state index contributed by atoms with van der Waals surface area (Å²) >= 11 is 0. The molecule has 0 aromatic rings. The molecule has 0 aliphatic heterocycles. The van der Waals surface area contributed by atoms with E-state index in [1.54, 1.807) is 0 Å². The predicted octanol–water partition coefficient (Wildman–Crippen LogP) is -0.575. The fourth-order valence-electron chi connectivity index (χ4n) is 0.552. The van der Waals surface area contributed by atoms with Crippen LogP contribution in [-0.4, -0.2) is 11.6 Å². The maximum atomic E-state index is 11.4. The molecular weight excluding hydrogens is 297 g/mol. The SMILES string of the molecule is CC(C)(C)C(=O)[CH-]C(=O)C(C)(C)C.[Cs+]. The Kier molecular flexibility index (Phi) is 7.70. The zero-order valence-corrected chi connectivity index (χ0v) is 16.7. The van der Waals surface area contributed by atoms with E-state index in [0.717, 1.165) is 0 Å². The molecule has 76 valence electrons. The van der Waals surface area contributed by atoms with Crippen LogP contribution in [-0.2, 0) is 9.59 Å². The number of Topliss-reactive ketones (excluding diaryl/α,β-unsaturated/α-hetero) is 2. The maximum absolute atomic E-state index is 11.4. The molecular formula is C11H19CsO2. The van der Waals surface area contributed by atoms with Gasteiger partial charge in [-0.2, -0.15) is 0 Å². The summed E-state index contributed by atoms with van der Waals surface area (Å²) < 4.78 is 0. The van der Waals surface area contributed by atoms with Crippen molar-refractivity contribution in [3.63, 3.8) is 0 Å². The normalized spacial score (nSPS) is 11.6. The third-order valence-corrected chi connectivity index (χ3v) is 1.74. The molecule has 0 rings (SSSR count). The number of carbonyl (C=O) groups is 2. The molecule has 0 unspecified atom stereocenters. The average Bonchev–Trinajstić information content (AvgIpc) is 1.82. The fourth-order valence-corrected chi connectivity index (χ4v) is 0.552. The molecule has 0 radical (unpaired) electrons. The number of ketones is 2. The van der Waals surface area contributed by atoms with Gasteiger partial charge in [0.15, 0.2) is 0 Å². The van der Waals surface area contributed by atoms with Crippen molar-refractivity contribution in [2.75, 3.05) is 0 Å². The molecule has 0 aromatic heterocycles. The van der Waals surface area contributed by atoms with Crippen LogP contribution < -0.4 is 68.9 Å². The van der Waals surface area contributed by atoms with Crippen LogP contribution in [0.15, 0.2) is 0 Å². The topological polar surface area (TPSA) is 34.1 Å². The molecule has 14 heavy (non-hydrogen) atoms. The molecule has 0 saturated carbocycles. The van der Waals surface area contributed by atoms with E-state index in [0.29, 0.717) is 0 Å². The van der Waals surface area contributed by atoms with Crippen LogP contribution in [0.3, 0.4) is 0 Å². The van der Waals surface area contributed by atoms with E-state index in [4.69, 9.17) is 0 Å². The molecule has 0 bridgehead atoms. The van der Waals surface area contributed by atoms with Crippen molar-refractivity contribution in [3.8, 4) is 0 Å². The van der Waals surface area contributed by atoms with Gasteiger partial charge in [0.05, 0.1) is 0 Å². The molecule has 0 aromatic carbocycles. The Hall–Kier alpha value is 1.26. The van der Waals surface area contributed by atoms with Gasteiger partial charge in [0.1, 0.15) is 0 Å². The van der Waals surface area contributed by atoms with E-state index in [1.165, 1.54) is 6.42 Å². The molecule has 2 nitrogen and oxygen atoms in total. The summed E-state index contributed by atoms with van der Waals surface area (Å²) in [5.41, 5.74) is -0.915. The van der Waals surface area contributed by atoms with Crippen molar-refractivity contribution in [1.82, 2.24) is 0 Å². The van der Waals surface area contributed by atoms with Crippen LogP contribution in [0.5, 0.6) is 0 Å². The van der Waals surface area contributed by atoms with Crippen LogP contribution in [0.25, 0.3) is 0 Å². The van der Waals surface area contributed by atoms with Crippen LogP contribution >= 0.6 is 0 Å². The summed E-state index contributed by atoms with van der Waals surface area (Å²) in [6, 6.07) is 0. The summed E-state index contributed by atoms with van der Waals surface area (Å²) in [7, 11) is 0. The number of carbonyl (C=O) groups excluding carboxylic acids is 2. The molecule has 0 fully saturated rings. The Morgan fingerprint density at radius 1 is 0.786 bits per heavy atom. The first-order valence-electron chi connectivity index (χ1n) is 4.49. The Morgan fingerprint density at radius 2 is 1.00 bits per heavy atom. The van der Waals surface area contributed by atoms with E-state index in [9.17, 15) is 9.59 Å². The second kappa shape index (κ2) is 6.11. The van der Waals surface area contributed by atoms with Gasteiger partial charge in [0.2, 0.25) is 0 Å². The maximum Gasteiger partial charge on any atom is 1.00 e. The second-order valence-corrected chi connectivity index (χ2v) is 5.37. The van der Waals surface area contributed by atoms with Crippen LogP contribution in [0, 0.1) is 17.3 Å². The van der Waals surface area contributed by atoms with Crippen LogP contribution in [0.4, 0.5) is 0 Å². The molecule has 0 saturated heterocycles. The van der Waals surface area contributed by atoms with Gasteiger partial charge in [-0.15, -0.1) is 0 Å². The van der Waals surface area contributed by atoms with Crippen molar-refractivity contribution < 1.29 is 78.5 Å². The van der Waals surface area contributed by atoms with Crippen molar-refractivity contribution in [1.29, 1.82) is 0 Å². The Morgan fingerprint density at radius 3 is 1.14 bits per heavy atom. The Bertz CT molecular complexity index is 194. The molecule has 0 amide bonds. The van der Waals surface area contributed by atoms with Crippen molar-refractivity contribution in [2.45, 2.75) is 41.5 Å². The van der Waals surface area contributed by atoms with Crippen LogP contribution in [0.2, 0.25) is 0 Å². The fraction of sp³-hybridized carbons (Fsp3) is 0.727. The average molecular weight is 316 g/mol. The minimum Gasteiger partial charge on any atom is -0.333 e. The van der Waals surface area contributed by atoms with E-state index in [-0.39, 0.29) is 80.5 Å². The smallest absolute Gasteiger partial charge is 0.333 e. The molecule has 0 spiro atoms. The van der Waals surface area contributed by atoms with Crippen LogP contribution in [0.1, 0.15) is 41.5 Å². The minimum atomic E-state index is -0.457. The molecule has 3 heteroatoms. The van der Waals surface area contributed by atoms with E-state index < -0.39 is 10.8 Å². The van der Waals surface area contributed by atoms with Gasteiger partial charge < -0.3 is 9.59 Å².